The molecule has 1 fully saturated rings. The maximum absolute atomic E-state index is 12.4. The molecule has 0 N–H and O–H groups in total. The van der Waals surface area contributed by atoms with Gasteiger partial charge in [0.15, 0.2) is 5.82 Å². The van der Waals surface area contributed by atoms with Gasteiger partial charge in [-0.15, -0.1) is 5.10 Å². The van der Waals surface area contributed by atoms with E-state index in [1.807, 2.05) is 11.8 Å². The van der Waals surface area contributed by atoms with Gasteiger partial charge in [-0.25, -0.2) is 0 Å². The number of aromatic nitrogens is 5. The van der Waals surface area contributed by atoms with Crippen molar-refractivity contribution in [2.24, 2.45) is 0 Å². The van der Waals surface area contributed by atoms with Crippen molar-refractivity contribution in [1.82, 2.24) is 30.0 Å². The molecule has 112 valence electrons. The smallest absolute Gasteiger partial charge is 0.226 e. The summed E-state index contributed by atoms with van der Waals surface area (Å²) in [4.78, 5) is 18.6. The van der Waals surface area contributed by atoms with Gasteiger partial charge in [0.05, 0.1) is 18.8 Å². The molecule has 1 aliphatic heterocycles. The van der Waals surface area contributed by atoms with Crippen LogP contribution >= 0.6 is 0 Å². The molecule has 0 aliphatic carbocycles. The number of carbonyl (C=O) groups is 1. The Balaban J connectivity index is 1.64. The van der Waals surface area contributed by atoms with E-state index in [9.17, 15) is 4.79 Å². The van der Waals surface area contributed by atoms with Crippen molar-refractivity contribution >= 4 is 5.91 Å². The maximum atomic E-state index is 12.4. The van der Waals surface area contributed by atoms with E-state index in [0.717, 1.165) is 19.4 Å². The lowest BCUT2D eigenvalue weighted by molar-refractivity contribution is -0.132. The molecule has 21 heavy (non-hydrogen) atoms. The van der Waals surface area contributed by atoms with Crippen LogP contribution in [0.4, 0.5) is 0 Å². The fourth-order valence-electron chi connectivity index (χ4n) is 2.59. The lowest BCUT2D eigenvalue weighted by Gasteiger charge is -2.22. The second-order valence-corrected chi connectivity index (χ2v) is 5.06. The molecule has 3 rings (SSSR count). The molecule has 8 nitrogen and oxygen atoms in total. The highest BCUT2D eigenvalue weighted by Gasteiger charge is 2.32. The molecule has 1 atom stereocenters. The first kappa shape index (κ1) is 13.7. The van der Waals surface area contributed by atoms with Crippen molar-refractivity contribution in [1.29, 1.82) is 0 Å². The van der Waals surface area contributed by atoms with Crippen molar-refractivity contribution in [3.05, 3.63) is 24.1 Å². The van der Waals surface area contributed by atoms with Crippen LogP contribution in [0.15, 0.2) is 16.9 Å². The third-order valence-electron chi connectivity index (χ3n) is 3.68. The summed E-state index contributed by atoms with van der Waals surface area (Å²) >= 11 is 0. The van der Waals surface area contributed by atoms with Gasteiger partial charge in [0.25, 0.3) is 0 Å². The first-order valence-corrected chi connectivity index (χ1v) is 7.24. The highest BCUT2D eigenvalue weighted by atomic mass is 16.5. The third kappa shape index (κ3) is 2.93. The van der Waals surface area contributed by atoms with Gasteiger partial charge in [-0.1, -0.05) is 17.3 Å². The van der Waals surface area contributed by atoms with E-state index in [4.69, 9.17) is 4.52 Å². The van der Waals surface area contributed by atoms with Crippen molar-refractivity contribution < 1.29 is 9.32 Å². The van der Waals surface area contributed by atoms with Gasteiger partial charge in [-0.05, 0) is 12.8 Å². The first-order chi connectivity index (χ1) is 10.3. The van der Waals surface area contributed by atoms with E-state index < -0.39 is 0 Å². The van der Waals surface area contributed by atoms with E-state index in [2.05, 4.69) is 20.5 Å². The highest BCUT2D eigenvalue weighted by molar-refractivity contribution is 5.76. The molecule has 0 bridgehead atoms. The second kappa shape index (κ2) is 6.02. The molecule has 0 spiro atoms. The van der Waals surface area contributed by atoms with Crippen LogP contribution in [0.25, 0.3) is 0 Å². The average molecular weight is 290 g/mol. The Morgan fingerprint density at radius 2 is 2.43 bits per heavy atom. The Morgan fingerprint density at radius 3 is 3.14 bits per heavy atom. The molecule has 0 radical (unpaired) electrons. The zero-order valence-electron chi connectivity index (χ0n) is 12.0. The zero-order valence-corrected chi connectivity index (χ0v) is 12.0. The van der Waals surface area contributed by atoms with E-state index in [1.165, 1.54) is 0 Å². The van der Waals surface area contributed by atoms with Gasteiger partial charge in [-0.3, -0.25) is 9.48 Å². The first-order valence-electron chi connectivity index (χ1n) is 7.24. The third-order valence-corrected chi connectivity index (χ3v) is 3.68. The molecule has 0 aromatic carbocycles. The standard InChI is InChI=1S/C13H18N6O2/c1-2-11-15-13(16-21-11)10-4-3-7-19(10)12(20)5-8-18-9-6-14-17-18/h6,9-10H,2-5,7-8H2,1H3/t10-/m0/s1. The van der Waals surface area contributed by atoms with Gasteiger partial charge >= 0.3 is 0 Å². The lowest BCUT2D eigenvalue weighted by atomic mass is 10.2. The van der Waals surface area contributed by atoms with Gasteiger partial charge in [0, 0.05) is 25.6 Å². The van der Waals surface area contributed by atoms with E-state index >= 15 is 0 Å². The summed E-state index contributed by atoms with van der Waals surface area (Å²) in [5.41, 5.74) is 0. The van der Waals surface area contributed by atoms with Gasteiger partial charge in [0.1, 0.15) is 0 Å². The molecule has 1 amide bonds. The highest BCUT2D eigenvalue weighted by Crippen LogP contribution is 2.30. The normalized spacial score (nSPS) is 18.3. The van der Waals surface area contributed by atoms with Crippen LogP contribution < -0.4 is 0 Å². The SMILES string of the molecule is CCc1nc([C@@H]2CCCN2C(=O)CCn2ccnn2)no1. The minimum atomic E-state index is -0.0581. The number of carbonyl (C=O) groups excluding carboxylic acids is 1. The van der Waals surface area contributed by atoms with Crippen LogP contribution in [-0.2, 0) is 17.8 Å². The Kier molecular flexibility index (Phi) is 3.94. The maximum Gasteiger partial charge on any atom is 0.226 e. The molecular weight excluding hydrogens is 272 g/mol. The number of hydrogen-bond donors (Lipinski definition) is 0. The number of amides is 1. The summed E-state index contributed by atoms with van der Waals surface area (Å²) in [5.74, 6) is 1.33. The minimum Gasteiger partial charge on any atom is -0.339 e. The number of nitrogens with zero attached hydrogens (tertiary/aromatic N) is 6. The fraction of sp³-hybridized carbons (Fsp3) is 0.615. The largest absolute Gasteiger partial charge is 0.339 e. The molecule has 8 heteroatoms. The predicted molar refractivity (Wildman–Crippen MR) is 72.0 cm³/mol. The monoisotopic (exact) mass is 290 g/mol. The van der Waals surface area contributed by atoms with Crippen LogP contribution in [0.5, 0.6) is 0 Å². The molecule has 0 unspecified atom stereocenters. The molecule has 1 aliphatic rings. The quantitative estimate of drug-likeness (QED) is 0.815. The number of rotatable bonds is 5. The van der Waals surface area contributed by atoms with Crippen LogP contribution in [0.1, 0.15) is 43.9 Å². The summed E-state index contributed by atoms with van der Waals surface area (Å²) in [7, 11) is 0. The summed E-state index contributed by atoms with van der Waals surface area (Å²) in [6, 6.07) is -0.0581. The molecular formula is C13H18N6O2. The topological polar surface area (TPSA) is 89.9 Å². The van der Waals surface area contributed by atoms with Gasteiger partial charge in [-0.2, -0.15) is 4.98 Å². The average Bonchev–Trinajstić information content (AvgIpc) is 3.23. The lowest BCUT2D eigenvalue weighted by Crippen LogP contribution is -2.31. The second-order valence-electron chi connectivity index (χ2n) is 5.06. The number of hydrogen-bond acceptors (Lipinski definition) is 6. The van der Waals surface area contributed by atoms with Crippen LogP contribution in [0, 0.1) is 0 Å². The zero-order chi connectivity index (χ0) is 14.7. The van der Waals surface area contributed by atoms with Crippen LogP contribution in [0.3, 0.4) is 0 Å². The summed E-state index contributed by atoms with van der Waals surface area (Å²) < 4.78 is 6.81. The number of likely N-dealkylation sites (tertiary alicyclic amines) is 1. The summed E-state index contributed by atoms with van der Waals surface area (Å²) in [5, 5.41) is 11.6. The molecule has 2 aromatic heterocycles. The van der Waals surface area contributed by atoms with E-state index in [-0.39, 0.29) is 11.9 Å². The summed E-state index contributed by atoms with van der Waals surface area (Å²) in [6.45, 7) is 3.25. The summed E-state index contributed by atoms with van der Waals surface area (Å²) in [6.07, 6.45) is 6.32. The molecule has 0 saturated carbocycles. The predicted octanol–water partition coefficient (Wildman–Crippen LogP) is 0.977. The molecule has 1 saturated heterocycles. The van der Waals surface area contributed by atoms with Crippen LogP contribution in [-0.4, -0.2) is 42.5 Å². The van der Waals surface area contributed by atoms with Gasteiger partial charge in [0.2, 0.25) is 11.8 Å². The van der Waals surface area contributed by atoms with Crippen LogP contribution in [0.2, 0.25) is 0 Å². The Labute approximate surface area is 122 Å². The van der Waals surface area contributed by atoms with Crippen molar-refractivity contribution in [2.75, 3.05) is 6.54 Å². The van der Waals surface area contributed by atoms with Gasteiger partial charge < -0.3 is 9.42 Å². The molecule has 2 aromatic rings. The Morgan fingerprint density at radius 1 is 1.52 bits per heavy atom. The Bertz CT molecular complexity index is 594. The van der Waals surface area contributed by atoms with Crippen molar-refractivity contribution in [3.8, 4) is 0 Å². The van der Waals surface area contributed by atoms with E-state index in [1.54, 1.807) is 17.1 Å². The Hall–Kier alpha value is -2.25. The minimum absolute atomic E-state index is 0.0581. The van der Waals surface area contributed by atoms with Crippen molar-refractivity contribution in [3.63, 3.8) is 0 Å². The number of aryl methyl sites for hydroxylation is 2. The molecule has 3 heterocycles. The van der Waals surface area contributed by atoms with E-state index in [0.29, 0.717) is 31.1 Å². The van der Waals surface area contributed by atoms with Crippen molar-refractivity contribution in [2.45, 2.75) is 45.2 Å². The fourth-order valence-corrected chi connectivity index (χ4v) is 2.59.